The van der Waals surface area contributed by atoms with Gasteiger partial charge in [-0.05, 0) is 19.8 Å². The molecule has 0 aliphatic heterocycles. The van der Waals surface area contributed by atoms with Gasteiger partial charge in [0, 0.05) is 24.1 Å². The van der Waals surface area contributed by atoms with Crippen LogP contribution >= 0.6 is 0 Å². The zero-order valence-electron chi connectivity index (χ0n) is 11.6. The Morgan fingerprint density at radius 2 is 1.75 bits per heavy atom. The fraction of sp³-hybridized carbons (Fsp3) is 0.500. The van der Waals surface area contributed by atoms with E-state index in [9.17, 15) is 18.0 Å². The quantitative estimate of drug-likeness (QED) is 0.844. The van der Waals surface area contributed by atoms with Gasteiger partial charge in [0.05, 0.1) is 0 Å². The average Bonchev–Trinajstić information content (AvgIpc) is 2.32. The van der Waals surface area contributed by atoms with Crippen LogP contribution in [-0.4, -0.2) is 11.9 Å². The van der Waals surface area contributed by atoms with Gasteiger partial charge >= 0.3 is 0 Å². The first-order chi connectivity index (χ1) is 9.31. The zero-order chi connectivity index (χ0) is 15.3. The third-order valence-corrected chi connectivity index (χ3v) is 3.00. The largest absolute Gasteiger partial charge is 0.328 e. The number of carbonyl (C=O) groups is 1. The molecule has 3 N–H and O–H groups in total. The maximum atomic E-state index is 13.4. The molecular weight excluding hydrogens is 269 g/mol. The molecule has 0 bridgehead atoms. The summed E-state index contributed by atoms with van der Waals surface area (Å²) in [7, 11) is 0. The molecule has 1 rings (SSSR count). The molecule has 0 heterocycles. The Balaban J connectivity index is 2.62. The van der Waals surface area contributed by atoms with Gasteiger partial charge in [-0.1, -0.05) is 13.3 Å². The van der Waals surface area contributed by atoms with Crippen LogP contribution < -0.4 is 11.1 Å². The Labute approximate surface area is 116 Å². The maximum absolute atomic E-state index is 13.4. The predicted molar refractivity (Wildman–Crippen MR) is 71.6 cm³/mol. The Hall–Kier alpha value is -1.56. The van der Waals surface area contributed by atoms with Gasteiger partial charge in [-0.2, -0.15) is 0 Å². The lowest BCUT2D eigenvalue weighted by atomic mass is 10.0. The summed E-state index contributed by atoms with van der Waals surface area (Å²) in [6, 6.07) is 1.11. The maximum Gasteiger partial charge on any atom is 0.227 e. The highest BCUT2D eigenvalue weighted by atomic mass is 19.1. The van der Waals surface area contributed by atoms with Crippen LogP contribution in [0.4, 0.5) is 18.9 Å². The normalized spacial score (nSPS) is 13.9. The van der Waals surface area contributed by atoms with Crippen LogP contribution in [0.1, 0.15) is 33.1 Å². The van der Waals surface area contributed by atoms with Crippen molar-refractivity contribution in [2.24, 2.45) is 11.7 Å². The van der Waals surface area contributed by atoms with Crippen LogP contribution in [-0.2, 0) is 4.79 Å². The second kappa shape index (κ2) is 7.28. The molecule has 20 heavy (non-hydrogen) atoms. The SMILES string of the molecule is CC(N)CCCC(C)C(=O)Nc1c(F)cc(F)cc1F. The van der Waals surface area contributed by atoms with Gasteiger partial charge in [0.25, 0.3) is 0 Å². The molecule has 0 radical (unpaired) electrons. The van der Waals surface area contributed by atoms with Crippen molar-refractivity contribution in [3.63, 3.8) is 0 Å². The highest BCUT2D eigenvalue weighted by Crippen LogP contribution is 2.21. The van der Waals surface area contributed by atoms with Crippen molar-refractivity contribution in [2.45, 2.75) is 39.2 Å². The third kappa shape index (κ3) is 4.85. The number of amides is 1. The first kappa shape index (κ1) is 16.5. The van der Waals surface area contributed by atoms with Gasteiger partial charge in [-0.3, -0.25) is 4.79 Å². The Kier molecular flexibility index (Phi) is 6.01. The standard InChI is InChI=1S/C14H19F3N2O/c1-8(4-3-5-9(2)18)14(20)19-13-11(16)6-10(15)7-12(13)17/h6-9H,3-5,18H2,1-2H3,(H,19,20). The molecule has 2 atom stereocenters. The molecule has 2 unspecified atom stereocenters. The minimum atomic E-state index is -1.13. The van der Waals surface area contributed by atoms with Gasteiger partial charge in [0.1, 0.15) is 11.5 Å². The molecule has 0 spiro atoms. The van der Waals surface area contributed by atoms with E-state index in [-0.39, 0.29) is 6.04 Å². The molecule has 0 aromatic heterocycles. The number of rotatable bonds is 6. The molecular formula is C14H19F3N2O. The summed E-state index contributed by atoms with van der Waals surface area (Å²) in [5.74, 6) is -4.18. The number of hydrogen-bond acceptors (Lipinski definition) is 2. The number of nitrogens with one attached hydrogen (secondary N) is 1. The zero-order valence-corrected chi connectivity index (χ0v) is 11.6. The first-order valence-electron chi connectivity index (χ1n) is 6.52. The number of hydrogen-bond donors (Lipinski definition) is 2. The van der Waals surface area contributed by atoms with Crippen LogP contribution in [0.5, 0.6) is 0 Å². The smallest absolute Gasteiger partial charge is 0.227 e. The lowest BCUT2D eigenvalue weighted by Gasteiger charge is -2.14. The Morgan fingerprint density at radius 1 is 1.20 bits per heavy atom. The van der Waals surface area contributed by atoms with Crippen LogP contribution in [0, 0.1) is 23.4 Å². The van der Waals surface area contributed by atoms with E-state index >= 15 is 0 Å². The van der Waals surface area contributed by atoms with Crippen LogP contribution in [0.25, 0.3) is 0 Å². The van der Waals surface area contributed by atoms with E-state index < -0.39 is 35.0 Å². The summed E-state index contributed by atoms with van der Waals surface area (Å²) < 4.78 is 39.5. The molecule has 6 heteroatoms. The van der Waals surface area contributed by atoms with Crippen molar-refractivity contribution in [2.75, 3.05) is 5.32 Å². The molecule has 1 aromatic rings. The fourth-order valence-electron chi connectivity index (χ4n) is 1.79. The predicted octanol–water partition coefficient (Wildman–Crippen LogP) is 3.20. The van der Waals surface area contributed by atoms with Crippen LogP contribution in [0.2, 0.25) is 0 Å². The minimum absolute atomic E-state index is 0.0530. The van der Waals surface area contributed by atoms with E-state index in [1.165, 1.54) is 0 Å². The highest BCUT2D eigenvalue weighted by molar-refractivity contribution is 5.92. The number of halogens is 3. The molecule has 0 fully saturated rings. The number of benzene rings is 1. The molecule has 0 saturated carbocycles. The van der Waals surface area contributed by atoms with Crippen molar-refractivity contribution >= 4 is 11.6 Å². The van der Waals surface area contributed by atoms with Crippen LogP contribution in [0.15, 0.2) is 12.1 Å². The van der Waals surface area contributed by atoms with E-state index in [1.807, 2.05) is 6.92 Å². The molecule has 1 aromatic carbocycles. The van der Waals surface area contributed by atoms with Gasteiger partial charge in [0.15, 0.2) is 11.6 Å². The summed E-state index contributed by atoms with van der Waals surface area (Å²) in [4.78, 5) is 11.8. The molecule has 3 nitrogen and oxygen atoms in total. The lowest BCUT2D eigenvalue weighted by molar-refractivity contribution is -0.119. The highest BCUT2D eigenvalue weighted by Gasteiger charge is 2.18. The summed E-state index contributed by atoms with van der Waals surface area (Å²) in [6.45, 7) is 3.53. The van der Waals surface area contributed by atoms with Crippen molar-refractivity contribution < 1.29 is 18.0 Å². The monoisotopic (exact) mass is 288 g/mol. The number of anilines is 1. The fourth-order valence-corrected chi connectivity index (χ4v) is 1.79. The van der Waals surface area contributed by atoms with Gasteiger partial charge < -0.3 is 11.1 Å². The second-order valence-electron chi connectivity index (χ2n) is 5.04. The van der Waals surface area contributed by atoms with Gasteiger partial charge in [-0.25, -0.2) is 13.2 Å². The molecule has 0 aliphatic carbocycles. The molecule has 112 valence electrons. The van der Waals surface area contributed by atoms with Gasteiger partial charge in [-0.15, -0.1) is 0 Å². The first-order valence-corrected chi connectivity index (χ1v) is 6.52. The topological polar surface area (TPSA) is 55.1 Å². The van der Waals surface area contributed by atoms with E-state index in [0.717, 1.165) is 12.8 Å². The van der Waals surface area contributed by atoms with Crippen LogP contribution in [0.3, 0.4) is 0 Å². The third-order valence-electron chi connectivity index (χ3n) is 3.00. The summed E-state index contributed by atoms with van der Waals surface area (Å²) >= 11 is 0. The van der Waals surface area contributed by atoms with Crippen molar-refractivity contribution in [3.05, 3.63) is 29.6 Å². The molecule has 0 saturated heterocycles. The summed E-state index contributed by atoms with van der Waals surface area (Å²) in [6.07, 6.45) is 2.09. The number of nitrogens with two attached hydrogens (primary N) is 1. The van der Waals surface area contributed by atoms with Gasteiger partial charge in [0.2, 0.25) is 5.91 Å². The van der Waals surface area contributed by atoms with Crippen molar-refractivity contribution in [3.8, 4) is 0 Å². The van der Waals surface area contributed by atoms with E-state index in [4.69, 9.17) is 5.73 Å². The molecule has 0 aliphatic rings. The summed E-state index contributed by atoms with van der Waals surface area (Å²) in [5.41, 5.74) is 4.98. The second-order valence-corrected chi connectivity index (χ2v) is 5.04. The van der Waals surface area contributed by atoms with E-state index in [0.29, 0.717) is 18.6 Å². The Bertz CT molecular complexity index is 454. The van der Waals surface area contributed by atoms with E-state index in [1.54, 1.807) is 6.92 Å². The van der Waals surface area contributed by atoms with E-state index in [2.05, 4.69) is 5.32 Å². The van der Waals surface area contributed by atoms with Crippen molar-refractivity contribution in [1.29, 1.82) is 0 Å². The Morgan fingerprint density at radius 3 is 2.25 bits per heavy atom. The molecule has 1 amide bonds. The number of carbonyl (C=O) groups excluding carboxylic acids is 1. The summed E-state index contributed by atoms with van der Waals surface area (Å²) in [5, 5.41) is 2.16. The lowest BCUT2D eigenvalue weighted by Crippen LogP contribution is -2.22. The average molecular weight is 288 g/mol. The minimum Gasteiger partial charge on any atom is -0.328 e. The van der Waals surface area contributed by atoms with Crippen molar-refractivity contribution in [1.82, 2.24) is 0 Å².